The van der Waals surface area contributed by atoms with Crippen LogP contribution in [0.5, 0.6) is 11.5 Å². The van der Waals surface area contributed by atoms with E-state index in [9.17, 15) is 4.79 Å². The van der Waals surface area contributed by atoms with Crippen molar-refractivity contribution in [1.29, 1.82) is 0 Å². The zero-order valence-corrected chi connectivity index (χ0v) is 25.1. The summed E-state index contributed by atoms with van der Waals surface area (Å²) in [4.78, 5) is 30.0. The van der Waals surface area contributed by atoms with Crippen molar-refractivity contribution in [2.75, 3.05) is 40.4 Å². The number of ether oxygens (including phenoxy) is 3. The summed E-state index contributed by atoms with van der Waals surface area (Å²) >= 11 is 19.7. The van der Waals surface area contributed by atoms with Gasteiger partial charge in [-0.05, 0) is 38.4 Å². The first-order chi connectivity index (χ1) is 19.0. The number of methoxy groups -OCH3 is 2. The Morgan fingerprint density at radius 2 is 1.60 bits per heavy atom. The van der Waals surface area contributed by atoms with Crippen LogP contribution in [0, 0.1) is 0 Å². The van der Waals surface area contributed by atoms with Gasteiger partial charge in [0.05, 0.1) is 30.0 Å². The number of amides is 1. The molecule has 40 heavy (non-hydrogen) atoms. The molecule has 0 N–H and O–H groups in total. The van der Waals surface area contributed by atoms with Gasteiger partial charge < -0.3 is 19.1 Å². The third-order valence-corrected chi connectivity index (χ3v) is 7.48. The van der Waals surface area contributed by atoms with Crippen molar-refractivity contribution < 1.29 is 19.0 Å². The van der Waals surface area contributed by atoms with Gasteiger partial charge in [0, 0.05) is 67.7 Å². The van der Waals surface area contributed by atoms with Crippen LogP contribution in [0.3, 0.4) is 0 Å². The summed E-state index contributed by atoms with van der Waals surface area (Å²) in [6.07, 6.45) is 3.27. The zero-order chi connectivity index (χ0) is 28.8. The van der Waals surface area contributed by atoms with Crippen molar-refractivity contribution in [3.63, 3.8) is 0 Å². The summed E-state index contributed by atoms with van der Waals surface area (Å²) in [5, 5.41) is 1.49. The number of carbonyl (C=O) groups is 1. The fraction of sp³-hybridized carbons (Fsp3) is 0.407. The lowest BCUT2D eigenvalue weighted by molar-refractivity contribution is 0.0138. The predicted octanol–water partition coefficient (Wildman–Crippen LogP) is 5.97. The number of hydrogen-bond acceptors (Lipinski definition) is 8. The van der Waals surface area contributed by atoms with Crippen LogP contribution in [0.15, 0.2) is 24.5 Å². The highest BCUT2D eigenvalue weighted by Gasteiger charge is 2.27. The van der Waals surface area contributed by atoms with Crippen LogP contribution in [0.25, 0.3) is 27.8 Å². The van der Waals surface area contributed by atoms with E-state index in [0.717, 1.165) is 11.1 Å². The van der Waals surface area contributed by atoms with Gasteiger partial charge in [-0.1, -0.05) is 23.2 Å². The number of benzene rings is 1. The summed E-state index contributed by atoms with van der Waals surface area (Å²) in [7, 11) is 3.06. The standard InChI is InChI=1S/C27H29Cl3N6O4/c1-27(2,3)40-26(37)35-8-6-34(7-9-35)13-16-14-36-23-15(12-31-25(30)33-23)10-17(24(36)32-16)20-21(28)18(38-4)11-19(39-5)22(20)29/h10-12,14H,6-9,13H2,1-5H3. The molecule has 3 aromatic heterocycles. The second kappa shape index (κ2) is 11.1. The van der Waals surface area contributed by atoms with E-state index in [-0.39, 0.29) is 11.4 Å². The predicted molar refractivity (Wildman–Crippen MR) is 155 cm³/mol. The molecule has 0 saturated carbocycles. The highest BCUT2D eigenvalue weighted by atomic mass is 35.5. The van der Waals surface area contributed by atoms with Crippen LogP contribution in [-0.2, 0) is 11.3 Å². The molecular formula is C27H29Cl3N6O4. The van der Waals surface area contributed by atoms with Gasteiger partial charge in [0.2, 0.25) is 5.28 Å². The molecule has 0 aliphatic carbocycles. The lowest BCUT2D eigenvalue weighted by atomic mass is 10.0. The fourth-order valence-corrected chi connectivity index (χ4v) is 5.52. The van der Waals surface area contributed by atoms with Crippen LogP contribution >= 0.6 is 34.8 Å². The maximum absolute atomic E-state index is 12.5. The second-order valence-electron chi connectivity index (χ2n) is 10.4. The lowest BCUT2D eigenvalue weighted by Crippen LogP contribution is -2.49. The summed E-state index contributed by atoms with van der Waals surface area (Å²) in [5.74, 6) is 0.830. The molecule has 1 aliphatic rings. The maximum Gasteiger partial charge on any atom is 0.410 e. The molecule has 0 spiro atoms. The van der Waals surface area contributed by atoms with E-state index in [1.165, 1.54) is 14.2 Å². The highest BCUT2D eigenvalue weighted by molar-refractivity contribution is 6.41. The van der Waals surface area contributed by atoms with Crippen molar-refractivity contribution in [3.05, 3.63) is 45.5 Å². The van der Waals surface area contributed by atoms with Crippen molar-refractivity contribution >= 4 is 57.6 Å². The van der Waals surface area contributed by atoms with Crippen LogP contribution in [0.4, 0.5) is 4.79 Å². The minimum absolute atomic E-state index is 0.120. The van der Waals surface area contributed by atoms with Crippen molar-refractivity contribution in [2.24, 2.45) is 0 Å². The Morgan fingerprint density at radius 1 is 0.950 bits per heavy atom. The molecule has 1 aromatic carbocycles. The monoisotopic (exact) mass is 606 g/mol. The SMILES string of the molecule is COc1cc(OC)c(Cl)c(-c2cc3cnc(Cl)nc3n3cc(CN4CCN(C(=O)OC(C)(C)C)CC4)nc23)c1Cl. The molecule has 4 aromatic rings. The minimum atomic E-state index is -0.531. The first-order valence-corrected chi connectivity index (χ1v) is 13.8. The van der Waals surface area contributed by atoms with Crippen LogP contribution in [0.2, 0.25) is 15.3 Å². The fourth-order valence-electron chi connectivity index (χ4n) is 4.68. The number of pyridine rings is 1. The second-order valence-corrected chi connectivity index (χ2v) is 11.5. The Hall–Kier alpha value is -3.05. The van der Waals surface area contributed by atoms with Crippen LogP contribution < -0.4 is 9.47 Å². The largest absolute Gasteiger partial charge is 0.495 e. The number of fused-ring (bicyclic) bond motifs is 3. The molecule has 0 radical (unpaired) electrons. The Kier molecular flexibility index (Phi) is 7.89. The van der Waals surface area contributed by atoms with E-state index >= 15 is 0 Å². The third kappa shape index (κ3) is 5.58. The molecule has 0 unspecified atom stereocenters. The van der Waals surface area contributed by atoms with Crippen molar-refractivity contribution in [1.82, 2.24) is 29.2 Å². The molecular weight excluding hydrogens is 579 g/mol. The van der Waals surface area contributed by atoms with E-state index in [1.807, 2.05) is 37.4 Å². The highest BCUT2D eigenvalue weighted by Crippen LogP contribution is 2.47. The summed E-state index contributed by atoms with van der Waals surface area (Å²) in [6.45, 7) is 8.64. The molecule has 13 heteroatoms. The number of rotatable bonds is 5. The Morgan fingerprint density at radius 3 is 2.20 bits per heavy atom. The van der Waals surface area contributed by atoms with Gasteiger partial charge >= 0.3 is 6.09 Å². The van der Waals surface area contributed by atoms with E-state index < -0.39 is 5.60 Å². The maximum atomic E-state index is 12.5. The minimum Gasteiger partial charge on any atom is -0.495 e. The molecule has 212 valence electrons. The van der Waals surface area contributed by atoms with Gasteiger partial charge in [0.25, 0.3) is 0 Å². The number of imidazole rings is 1. The summed E-state index contributed by atoms with van der Waals surface area (Å²) in [5.41, 5.74) is 2.63. The van der Waals surface area contributed by atoms with Gasteiger partial charge in [0.1, 0.15) is 22.7 Å². The molecule has 1 fully saturated rings. The van der Waals surface area contributed by atoms with E-state index in [2.05, 4.69) is 14.9 Å². The van der Waals surface area contributed by atoms with E-state index in [4.69, 9.17) is 54.0 Å². The smallest absolute Gasteiger partial charge is 0.410 e. The molecule has 0 atom stereocenters. The molecule has 1 saturated heterocycles. The molecule has 1 aliphatic heterocycles. The number of halogens is 3. The third-order valence-electron chi connectivity index (χ3n) is 6.54. The number of piperazine rings is 1. The first-order valence-electron chi connectivity index (χ1n) is 12.6. The van der Waals surface area contributed by atoms with E-state index in [0.29, 0.717) is 76.7 Å². The lowest BCUT2D eigenvalue weighted by Gasteiger charge is -2.35. The van der Waals surface area contributed by atoms with Gasteiger partial charge in [0.15, 0.2) is 5.65 Å². The van der Waals surface area contributed by atoms with Gasteiger partial charge in [-0.2, -0.15) is 4.98 Å². The molecule has 10 nitrogen and oxygen atoms in total. The number of aromatic nitrogens is 4. The van der Waals surface area contributed by atoms with Crippen LogP contribution in [-0.4, -0.2) is 81.2 Å². The van der Waals surface area contributed by atoms with Crippen LogP contribution in [0.1, 0.15) is 26.5 Å². The quantitative estimate of drug-likeness (QED) is 0.256. The zero-order valence-electron chi connectivity index (χ0n) is 22.8. The average Bonchev–Trinajstić information content (AvgIpc) is 3.32. The first kappa shape index (κ1) is 28.5. The van der Waals surface area contributed by atoms with Crippen molar-refractivity contribution in [2.45, 2.75) is 32.9 Å². The average molecular weight is 608 g/mol. The summed E-state index contributed by atoms with van der Waals surface area (Å²) in [6, 6.07) is 3.52. The van der Waals surface area contributed by atoms with Gasteiger partial charge in [-0.15, -0.1) is 0 Å². The van der Waals surface area contributed by atoms with Gasteiger partial charge in [-0.3, -0.25) is 9.30 Å². The summed E-state index contributed by atoms with van der Waals surface area (Å²) < 4.78 is 18.4. The Balaban J connectivity index is 1.53. The topological polar surface area (TPSA) is 94.3 Å². The normalized spacial score (nSPS) is 14.7. The molecule has 5 rings (SSSR count). The van der Waals surface area contributed by atoms with Gasteiger partial charge in [-0.25, -0.2) is 14.8 Å². The molecule has 0 bridgehead atoms. The Bertz CT molecular complexity index is 1570. The van der Waals surface area contributed by atoms with Crippen molar-refractivity contribution in [3.8, 4) is 22.6 Å². The number of hydrogen-bond donors (Lipinski definition) is 0. The molecule has 4 heterocycles. The Labute approximate surface area is 246 Å². The number of nitrogens with zero attached hydrogens (tertiary/aromatic N) is 6. The van der Waals surface area contributed by atoms with E-state index in [1.54, 1.807) is 17.2 Å². The molecule has 1 amide bonds. The number of carbonyl (C=O) groups excluding carboxylic acids is 1.